The second-order valence-electron chi connectivity index (χ2n) is 5.66. The molecule has 3 nitrogen and oxygen atoms in total. The molecular formula is C21H19NO2. The fraction of sp³-hybridized carbons (Fsp3) is 0.0952. The number of hydrogen-bond acceptors (Lipinski definition) is 2. The first-order valence-electron chi connectivity index (χ1n) is 7.90. The van der Waals surface area contributed by atoms with Crippen LogP contribution in [0.15, 0.2) is 78.9 Å². The third kappa shape index (κ3) is 3.30. The molecule has 1 atom stereocenters. The Labute approximate surface area is 141 Å². The highest BCUT2D eigenvalue weighted by Crippen LogP contribution is 2.37. The fourth-order valence-corrected chi connectivity index (χ4v) is 2.70. The zero-order valence-corrected chi connectivity index (χ0v) is 13.4. The Balaban J connectivity index is 2.17. The smallest absolute Gasteiger partial charge is 0.325 e. The maximum Gasteiger partial charge on any atom is 0.325 e. The van der Waals surface area contributed by atoms with Crippen LogP contribution in [0.1, 0.15) is 6.92 Å². The Morgan fingerprint density at radius 3 is 1.67 bits per heavy atom. The summed E-state index contributed by atoms with van der Waals surface area (Å²) in [6.07, 6.45) is 0. The van der Waals surface area contributed by atoms with Crippen LogP contribution < -0.4 is 5.32 Å². The van der Waals surface area contributed by atoms with E-state index in [0.29, 0.717) is 0 Å². The van der Waals surface area contributed by atoms with E-state index in [2.05, 4.69) is 5.32 Å². The lowest BCUT2D eigenvalue weighted by molar-refractivity contribution is -0.137. The average Bonchev–Trinajstić information content (AvgIpc) is 2.63. The quantitative estimate of drug-likeness (QED) is 0.703. The fourth-order valence-electron chi connectivity index (χ4n) is 2.70. The highest BCUT2D eigenvalue weighted by Gasteiger charge is 2.17. The van der Waals surface area contributed by atoms with Gasteiger partial charge in [-0.15, -0.1) is 0 Å². The molecule has 0 amide bonds. The molecule has 3 aromatic carbocycles. The Kier molecular flexibility index (Phi) is 4.62. The molecule has 24 heavy (non-hydrogen) atoms. The first kappa shape index (κ1) is 15.8. The molecule has 0 aliphatic heterocycles. The van der Waals surface area contributed by atoms with E-state index < -0.39 is 12.0 Å². The molecule has 0 aromatic heterocycles. The van der Waals surface area contributed by atoms with Gasteiger partial charge in [0.2, 0.25) is 0 Å². The number of para-hydroxylation sites is 1. The highest BCUT2D eigenvalue weighted by atomic mass is 16.4. The second-order valence-corrected chi connectivity index (χ2v) is 5.66. The average molecular weight is 317 g/mol. The normalized spacial score (nSPS) is 11.7. The summed E-state index contributed by atoms with van der Waals surface area (Å²) >= 11 is 0. The van der Waals surface area contributed by atoms with Crippen LogP contribution in [-0.2, 0) is 4.79 Å². The van der Waals surface area contributed by atoms with Crippen molar-refractivity contribution in [1.29, 1.82) is 0 Å². The number of aliphatic carboxylic acids is 1. The number of anilines is 1. The predicted molar refractivity (Wildman–Crippen MR) is 98.0 cm³/mol. The summed E-state index contributed by atoms with van der Waals surface area (Å²) in [4.78, 5) is 11.3. The molecule has 3 rings (SSSR count). The summed E-state index contributed by atoms with van der Waals surface area (Å²) in [6.45, 7) is 1.65. The van der Waals surface area contributed by atoms with Crippen molar-refractivity contribution in [2.75, 3.05) is 5.32 Å². The predicted octanol–water partition coefficient (Wildman–Crippen LogP) is 4.91. The van der Waals surface area contributed by atoms with Gasteiger partial charge in [-0.05, 0) is 18.1 Å². The van der Waals surface area contributed by atoms with Gasteiger partial charge in [0.1, 0.15) is 6.04 Å². The van der Waals surface area contributed by atoms with Gasteiger partial charge in [-0.2, -0.15) is 0 Å². The van der Waals surface area contributed by atoms with E-state index in [9.17, 15) is 9.90 Å². The van der Waals surface area contributed by atoms with Crippen molar-refractivity contribution < 1.29 is 9.90 Å². The van der Waals surface area contributed by atoms with Crippen LogP contribution in [0.3, 0.4) is 0 Å². The number of nitrogens with one attached hydrogen (secondary N) is 1. The van der Waals surface area contributed by atoms with Crippen molar-refractivity contribution in [3.05, 3.63) is 78.9 Å². The Hall–Kier alpha value is -3.07. The van der Waals surface area contributed by atoms with E-state index in [1.165, 1.54) is 0 Å². The SMILES string of the molecule is C[C@H](Nc1c(-c2ccccc2)cccc1-c1ccccc1)C(=O)O. The number of benzene rings is 3. The van der Waals surface area contributed by atoms with Gasteiger partial charge in [-0.25, -0.2) is 0 Å². The standard InChI is InChI=1S/C21H19NO2/c1-15(21(23)24)22-20-18(16-9-4-2-5-10-16)13-8-14-19(20)17-11-6-3-7-12-17/h2-15,22H,1H3,(H,23,24)/t15-/m0/s1. The van der Waals surface area contributed by atoms with Crippen LogP contribution in [0, 0.1) is 0 Å². The molecule has 0 fully saturated rings. The van der Waals surface area contributed by atoms with Gasteiger partial charge >= 0.3 is 5.97 Å². The topological polar surface area (TPSA) is 49.3 Å². The first-order chi connectivity index (χ1) is 11.7. The molecule has 3 aromatic rings. The lowest BCUT2D eigenvalue weighted by Gasteiger charge is -2.19. The Bertz CT molecular complexity index is 771. The van der Waals surface area contributed by atoms with Crippen LogP contribution in [-0.4, -0.2) is 17.1 Å². The number of hydrogen-bond donors (Lipinski definition) is 2. The summed E-state index contributed by atoms with van der Waals surface area (Å²) < 4.78 is 0. The Morgan fingerprint density at radius 2 is 1.25 bits per heavy atom. The van der Waals surface area contributed by atoms with E-state index >= 15 is 0 Å². The van der Waals surface area contributed by atoms with Gasteiger partial charge in [0.15, 0.2) is 0 Å². The summed E-state index contributed by atoms with van der Waals surface area (Å²) in [7, 11) is 0. The van der Waals surface area contributed by atoms with Crippen molar-refractivity contribution in [2.24, 2.45) is 0 Å². The lowest BCUT2D eigenvalue weighted by atomic mass is 9.95. The number of carboxylic acids is 1. The largest absolute Gasteiger partial charge is 0.480 e. The third-order valence-electron chi connectivity index (χ3n) is 3.97. The molecule has 0 spiro atoms. The molecule has 0 heterocycles. The van der Waals surface area contributed by atoms with Crippen LogP contribution in [0.5, 0.6) is 0 Å². The lowest BCUT2D eigenvalue weighted by Crippen LogP contribution is -2.26. The van der Waals surface area contributed by atoms with Crippen LogP contribution >= 0.6 is 0 Å². The Morgan fingerprint density at radius 1 is 0.792 bits per heavy atom. The summed E-state index contributed by atoms with van der Waals surface area (Å²) in [5.41, 5.74) is 4.92. The molecule has 0 unspecified atom stereocenters. The van der Waals surface area contributed by atoms with E-state index in [1.807, 2.05) is 78.9 Å². The molecule has 0 saturated carbocycles. The molecule has 3 heteroatoms. The van der Waals surface area contributed by atoms with Gasteiger partial charge < -0.3 is 10.4 Å². The van der Waals surface area contributed by atoms with Crippen molar-refractivity contribution in [3.63, 3.8) is 0 Å². The maximum absolute atomic E-state index is 11.3. The van der Waals surface area contributed by atoms with E-state index in [-0.39, 0.29) is 0 Å². The van der Waals surface area contributed by atoms with Gasteiger partial charge in [0.25, 0.3) is 0 Å². The van der Waals surface area contributed by atoms with Crippen molar-refractivity contribution in [3.8, 4) is 22.3 Å². The molecule has 0 aliphatic carbocycles. The minimum Gasteiger partial charge on any atom is -0.480 e. The summed E-state index contributed by atoms with van der Waals surface area (Å²) in [6, 6.07) is 25.3. The molecular weight excluding hydrogens is 298 g/mol. The van der Waals surface area contributed by atoms with Gasteiger partial charge in [-0.1, -0.05) is 78.9 Å². The van der Waals surface area contributed by atoms with Crippen LogP contribution in [0.4, 0.5) is 5.69 Å². The van der Waals surface area contributed by atoms with Crippen molar-refractivity contribution >= 4 is 11.7 Å². The van der Waals surface area contributed by atoms with E-state index in [0.717, 1.165) is 27.9 Å². The van der Waals surface area contributed by atoms with Crippen molar-refractivity contribution in [1.82, 2.24) is 0 Å². The van der Waals surface area contributed by atoms with E-state index in [1.54, 1.807) is 6.92 Å². The summed E-state index contributed by atoms with van der Waals surface area (Å²) in [5, 5.41) is 12.5. The molecule has 0 bridgehead atoms. The minimum atomic E-state index is -0.878. The molecule has 0 saturated heterocycles. The van der Waals surface area contributed by atoms with Crippen LogP contribution in [0.2, 0.25) is 0 Å². The molecule has 2 N–H and O–H groups in total. The monoisotopic (exact) mass is 317 g/mol. The molecule has 0 radical (unpaired) electrons. The minimum absolute atomic E-state index is 0.683. The molecule has 0 aliphatic rings. The maximum atomic E-state index is 11.3. The van der Waals surface area contributed by atoms with Crippen molar-refractivity contribution in [2.45, 2.75) is 13.0 Å². The number of rotatable bonds is 5. The number of carboxylic acid groups (broad SMARTS) is 1. The zero-order valence-electron chi connectivity index (χ0n) is 13.4. The zero-order chi connectivity index (χ0) is 16.9. The van der Waals surface area contributed by atoms with E-state index in [4.69, 9.17) is 0 Å². The highest BCUT2D eigenvalue weighted by molar-refractivity contribution is 5.92. The van der Waals surface area contributed by atoms with Crippen LogP contribution in [0.25, 0.3) is 22.3 Å². The first-order valence-corrected chi connectivity index (χ1v) is 7.90. The third-order valence-corrected chi connectivity index (χ3v) is 3.97. The van der Waals surface area contributed by atoms with Gasteiger partial charge in [0, 0.05) is 11.1 Å². The number of carbonyl (C=O) groups is 1. The van der Waals surface area contributed by atoms with Gasteiger partial charge in [-0.3, -0.25) is 4.79 Å². The van der Waals surface area contributed by atoms with Gasteiger partial charge in [0.05, 0.1) is 5.69 Å². The molecule has 120 valence electrons. The summed E-state index contributed by atoms with van der Waals surface area (Å²) in [5.74, 6) is -0.878. The second kappa shape index (κ2) is 7.01.